The molecule has 1 saturated heterocycles. The van der Waals surface area contributed by atoms with Gasteiger partial charge in [0.15, 0.2) is 0 Å². The first kappa shape index (κ1) is 16.9. The number of likely N-dealkylation sites (tertiary alicyclic amines) is 1. The minimum Gasteiger partial charge on any atom is -0.489 e. The first-order valence-corrected chi connectivity index (χ1v) is 7.73. The molecule has 1 heterocycles. The molecule has 0 unspecified atom stereocenters. The maximum Gasteiger partial charge on any atom is 0.410 e. The molecule has 0 saturated carbocycles. The molecule has 2 rings (SSSR count). The number of anilines is 1. The highest BCUT2D eigenvalue weighted by Gasteiger charge is 2.27. The standard InChI is InChI=1S/C17H23N3O3/c1-17(2,3)23-16(21)20-8-6-14(7-9-20)22-15-5-4-13(19)10-12(15)11-18/h4-5,10,14H,6-9,19H2,1-3H3. The van der Waals surface area contributed by atoms with Crippen LogP contribution in [0.3, 0.4) is 0 Å². The van der Waals surface area contributed by atoms with Crippen molar-refractivity contribution in [3.63, 3.8) is 0 Å². The van der Waals surface area contributed by atoms with Gasteiger partial charge in [-0.25, -0.2) is 4.79 Å². The lowest BCUT2D eigenvalue weighted by atomic mass is 10.1. The van der Waals surface area contributed by atoms with Crippen LogP contribution in [0, 0.1) is 11.3 Å². The van der Waals surface area contributed by atoms with Gasteiger partial charge < -0.3 is 20.1 Å². The zero-order valence-corrected chi connectivity index (χ0v) is 13.8. The fraction of sp³-hybridized carbons (Fsp3) is 0.529. The first-order valence-electron chi connectivity index (χ1n) is 7.73. The molecule has 6 nitrogen and oxygen atoms in total. The van der Waals surface area contributed by atoms with Crippen LogP contribution >= 0.6 is 0 Å². The van der Waals surface area contributed by atoms with Gasteiger partial charge in [-0.15, -0.1) is 0 Å². The summed E-state index contributed by atoms with van der Waals surface area (Å²) in [5.74, 6) is 0.539. The summed E-state index contributed by atoms with van der Waals surface area (Å²) in [6.45, 7) is 6.72. The van der Waals surface area contributed by atoms with Crippen LogP contribution in [0.15, 0.2) is 18.2 Å². The van der Waals surface area contributed by atoms with E-state index in [0.717, 1.165) is 0 Å². The average molecular weight is 317 g/mol. The monoisotopic (exact) mass is 317 g/mol. The van der Waals surface area contributed by atoms with Crippen LogP contribution in [0.5, 0.6) is 5.75 Å². The lowest BCUT2D eigenvalue weighted by Crippen LogP contribution is -2.44. The Morgan fingerprint density at radius 3 is 2.57 bits per heavy atom. The van der Waals surface area contributed by atoms with Crippen molar-refractivity contribution in [1.82, 2.24) is 4.90 Å². The van der Waals surface area contributed by atoms with Crippen LogP contribution in [0.1, 0.15) is 39.2 Å². The molecule has 1 aliphatic rings. The van der Waals surface area contributed by atoms with Crippen LogP contribution in [0.25, 0.3) is 0 Å². The van der Waals surface area contributed by atoms with E-state index in [9.17, 15) is 4.79 Å². The zero-order chi connectivity index (χ0) is 17.0. The maximum atomic E-state index is 12.0. The van der Waals surface area contributed by atoms with Crippen molar-refractivity contribution in [3.8, 4) is 11.8 Å². The minimum atomic E-state index is -0.490. The molecule has 1 amide bonds. The van der Waals surface area contributed by atoms with Crippen LogP contribution in [0.2, 0.25) is 0 Å². The van der Waals surface area contributed by atoms with Crippen LogP contribution in [-0.4, -0.2) is 35.8 Å². The number of benzene rings is 1. The molecule has 0 atom stereocenters. The Balaban J connectivity index is 1.91. The van der Waals surface area contributed by atoms with Crippen molar-refractivity contribution < 1.29 is 14.3 Å². The molecule has 6 heteroatoms. The molecule has 1 aromatic carbocycles. The summed E-state index contributed by atoms with van der Waals surface area (Å²) in [5, 5.41) is 9.14. The van der Waals surface area contributed by atoms with Gasteiger partial charge in [-0.2, -0.15) is 5.26 Å². The molecule has 0 radical (unpaired) electrons. The molecule has 23 heavy (non-hydrogen) atoms. The highest BCUT2D eigenvalue weighted by molar-refractivity contribution is 5.68. The molecule has 0 bridgehead atoms. The minimum absolute atomic E-state index is 0.0237. The summed E-state index contributed by atoms with van der Waals surface area (Å²) in [6, 6.07) is 7.12. The third kappa shape index (κ3) is 4.78. The van der Waals surface area contributed by atoms with E-state index in [-0.39, 0.29) is 12.2 Å². The van der Waals surface area contributed by atoms with Gasteiger partial charge in [0.05, 0.1) is 5.56 Å². The number of carbonyl (C=O) groups excluding carboxylic acids is 1. The van der Waals surface area contributed by atoms with Gasteiger partial charge in [0.2, 0.25) is 0 Å². The molecule has 0 aromatic heterocycles. The number of hydrogen-bond donors (Lipinski definition) is 1. The predicted molar refractivity (Wildman–Crippen MR) is 87.0 cm³/mol. The van der Waals surface area contributed by atoms with Gasteiger partial charge in [-0.1, -0.05) is 0 Å². The smallest absolute Gasteiger partial charge is 0.410 e. The summed E-state index contributed by atoms with van der Waals surface area (Å²) in [6.07, 6.45) is 1.09. The van der Waals surface area contributed by atoms with Crippen molar-refractivity contribution in [1.29, 1.82) is 5.26 Å². The van der Waals surface area contributed by atoms with E-state index in [2.05, 4.69) is 6.07 Å². The molecule has 1 aromatic rings. The number of ether oxygens (including phenoxy) is 2. The van der Waals surface area contributed by atoms with E-state index in [4.69, 9.17) is 20.5 Å². The molecule has 1 aliphatic heterocycles. The predicted octanol–water partition coefficient (Wildman–Crippen LogP) is 2.92. The molecular formula is C17H23N3O3. The SMILES string of the molecule is CC(C)(C)OC(=O)N1CCC(Oc2ccc(N)cc2C#N)CC1. The second-order valence-corrected chi connectivity index (χ2v) is 6.65. The number of nitrogens with zero attached hydrogens (tertiary/aromatic N) is 2. The lowest BCUT2D eigenvalue weighted by molar-refractivity contribution is 0.0126. The van der Waals surface area contributed by atoms with Crippen LogP contribution in [-0.2, 0) is 4.74 Å². The highest BCUT2D eigenvalue weighted by Crippen LogP contribution is 2.25. The number of carbonyl (C=O) groups is 1. The van der Waals surface area contributed by atoms with E-state index < -0.39 is 5.60 Å². The van der Waals surface area contributed by atoms with Gasteiger partial charge in [-0.3, -0.25) is 0 Å². The normalized spacial score (nSPS) is 15.8. The summed E-state index contributed by atoms with van der Waals surface area (Å²) in [4.78, 5) is 13.7. The zero-order valence-electron chi connectivity index (χ0n) is 13.8. The number of rotatable bonds is 2. The van der Waals surface area contributed by atoms with Crippen LogP contribution < -0.4 is 10.5 Å². The Morgan fingerprint density at radius 1 is 1.35 bits per heavy atom. The highest BCUT2D eigenvalue weighted by atomic mass is 16.6. The van der Waals surface area contributed by atoms with E-state index in [1.54, 1.807) is 23.1 Å². The fourth-order valence-corrected chi connectivity index (χ4v) is 2.40. The fourth-order valence-electron chi connectivity index (χ4n) is 2.40. The second-order valence-electron chi connectivity index (χ2n) is 6.65. The van der Waals surface area contributed by atoms with Gasteiger partial charge in [0.25, 0.3) is 0 Å². The van der Waals surface area contributed by atoms with Gasteiger partial charge >= 0.3 is 6.09 Å². The summed E-state index contributed by atoms with van der Waals surface area (Å²) in [7, 11) is 0. The topological polar surface area (TPSA) is 88.6 Å². The van der Waals surface area contributed by atoms with Gasteiger partial charge in [0.1, 0.15) is 23.5 Å². The molecular weight excluding hydrogens is 294 g/mol. The van der Waals surface area contributed by atoms with E-state index in [0.29, 0.717) is 42.9 Å². The molecule has 0 spiro atoms. The second kappa shape index (κ2) is 6.78. The molecule has 2 N–H and O–H groups in total. The third-order valence-electron chi connectivity index (χ3n) is 3.51. The third-order valence-corrected chi connectivity index (χ3v) is 3.51. The van der Waals surface area contributed by atoms with Crippen molar-refractivity contribution in [2.24, 2.45) is 0 Å². The Kier molecular flexibility index (Phi) is 4.99. The molecule has 1 fully saturated rings. The Labute approximate surface area is 136 Å². The molecule has 0 aliphatic carbocycles. The van der Waals surface area contributed by atoms with Gasteiger partial charge in [0, 0.05) is 31.6 Å². The lowest BCUT2D eigenvalue weighted by Gasteiger charge is -2.33. The maximum absolute atomic E-state index is 12.0. The summed E-state index contributed by atoms with van der Waals surface area (Å²) < 4.78 is 11.3. The first-order chi connectivity index (χ1) is 10.8. The van der Waals surface area contributed by atoms with Crippen molar-refractivity contribution >= 4 is 11.8 Å². The van der Waals surface area contributed by atoms with Crippen molar-refractivity contribution in [2.75, 3.05) is 18.8 Å². The Bertz CT molecular complexity index is 608. The van der Waals surface area contributed by atoms with Gasteiger partial charge in [-0.05, 0) is 39.0 Å². The number of nitrogen functional groups attached to an aromatic ring is 1. The quantitative estimate of drug-likeness (QED) is 0.847. The Hall–Kier alpha value is -2.42. The summed E-state index contributed by atoms with van der Waals surface area (Å²) >= 11 is 0. The Morgan fingerprint density at radius 2 is 2.00 bits per heavy atom. The number of amides is 1. The summed E-state index contributed by atoms with van der Waals surface area (Å²) in [5.41, 5.74) is 6.15. The molecule has 124 valence electrons. The van der Waals surface area contributed by atoms with E-state index in [1.165, 1.54) is 0 Å². The number of hydrogen-bond acceptors (Lipinski definition) is 5. The van der Waals surface area contributed by atoms with E-state index >= 15 is 0 Å². The largest absolute Gasteiger partial charge is 0.489 e. The number of nitrogens with two attached hydrogens (primary N) is 1. The number of piperidine rings is 1. The van der Waals surface area contributed by atoms with Crippen molar-refractivity contribution in [3.05, 3.63) is 23.8 Å². The van der Waals surface area contributed by atoms with E-state index in [1.807, 2.05) is 20.8 Å². The van der Waals surface area contributed by atoms with Crippen molar-refractivity contribution in [2.45, 2.75) is 45.3 Å². The van der Waals surface area contributed by atoms with Crippen LogP contribution in [0.4, 0.5) is 10.5 Å². The average Bonchev–Trinajstić information content (AvgIpc) is 2.48. The number of nitriles is 1.